The van der Waals surface area contributed by atoms with Gasteiger partial charge in [-0.1, -0.05) is 0 Å². The summed E-state index contributed by atoms with van der Waals surface area (Å²) in [7, 11) is 4.67. The second-order valence-corrected chi connectivity index (χ2v) is 2.84. The van der Waals surface area contributed by atoms with Crippen molar-refractivity contribution in [2.75, 3.05) is 26.1 Å². The Morgan fingerprint density at radius 1 is 1.57 bits per heavy atom. The molecule has 14 heavy (non-hydrogen) atoms. The first-order chi connectivity index (χ1) is 6.56. The maximum atomic E-state index is 11.3. The number of hydrogen-bond acceptors (Lipinski definition) is 5. The first kappa shape index (κ1) is 10.2. The van der Waals surface area contributed by atoms with Gasteiger partial charge in [0, 0.05) is 14.1 Å². The summed E-state index contributed by atoms with van der Waals surface area (Å²) in [6.07, 6.45) is 1.19. The standard InChI is InChI=1S/C8H11N3O3/c1-11(2)8-9-4-5(6(12)10-8)7(13)14-3/h4H,1-3H3,(H,9,10,12). The van der Waals surface area contributed by atoms with Crippen molar-refractivity contribution in [1.29, 1.82) is 0 Å². The van der Waals surface area contributed by atoms with Crippen molar-refractivity contribution in [3.63, 3.8) is 0 Å². The van der Waals surface area contributed by atoms with E-state index in [0.717, 1.165) is 0 Å². The molecule has 0 spiro atoms. The maximum absolute atomic E-state index is 11.3. The van der Waals surface area contributed by atoms with Gasteiger partial charge in [-0.25, -0.2) is 9.78 Å². The Kier molecular flexibility index (Phi) is 2.85. The molecule has 6 heteroatoms. The molecule has 0 amide bonds. The zero-order valence-electron chi connectivity index (χ0n) is 8.20. The summed E-state index contributed by atoms with van der Waals surface area (Å²) in [6, 6.07) is 0. The molecule has 0 saturated carbocycles. The molecule has 0 fully saturated rings. The molecule has 0 saturated heterocycles. The molecule has 1 aromatic rings. The van der Waals surface area contributed by atoms with Crippen molar-refractivity contribution < 1.29 is 9.53 Å². The molecule has 1 rings (SSSR count). The van der Waals surface area contributed by atoms with Crippen LogP contribution in [0.3, 0.4) is 0 Å². The molecule has 76 valence electrons. The van der Waals surface area contributed by atoms with E-state index in [2.05, 4.69) is 14.7 Å². The van der Waals surface area contributed by atoms with Crippen LogP contribution in [0.5, 0.6) is 0 Å². The number of esters is 1. The molecule has 1 heterocycles. The lowest BCUT2D eigenvalue weighted by Gasteiger charge is -2.09. The number of methoxy groups -OCH3 is 1. The van der Waals surface area contributed by atoms with Crippen molar-refractivity contribution >= 4 is 11.9 Å². The third-order valence-corrected chi connectivity index (χ3v) is 1.61. The van der Waals surface area contributed by atoms with Gasteiger partial charge in [-0.3, -0.25) is 9.78 Å². The zero-order chi connectivity index (χ0) is 10.7. The highest BCUT2D eigenvalue weighted by atomic mass is 16.5. The van der Waals surface area contributed by atoms with Crippen LogP contribution in [-0.4, -0.2) is 37.1 Å². The van der Waals surface area contributed by atoms with Crippen LogP contribution in [0, 0.1) is 0 Å². The van der Waals surface area contributed by atoms with E-state index in [0.29, 0.717) is 5.95 Å². The number of carbonyl (C=O) groups is 1. The molecule has 1 aromatic heterocycles. The van der Waals surface area contributed by atoms with Crippen LogP contribution in [0.4, 0.5) is 5.95 Å². The van der Waals surface area contributed by atoms with Crippen LogP contribution in [0.15, 0.2) is 11.0 Å². The minimum absolute atomic E-state index is 0.0990. The number of carbonyl (C=O) groups excluding carboxylic acids is 1. The zero-order valence-corrected chi connectivity index (χ0v) is 8.20. The van der Waals surface area contributed by atoms with E-state index in [1.807, 2.05) is 0 Å². The van der Waals surface area contributed by atoms with Crippen molar-refractivity contribution in [3.05, 3.63) is 22.1 Å². The van der Waals surface area contributed by atoms with E-state index < -0.39 is 11.5 Å². The van der Waals surface area contributed by atoms with Crippen molar-refractivity contribution in [2.45, 2.75) is 0 Å². The number of aromatic nitrogens is 2. The SMILES string of the molecule is COC(=O)c1cnc(N(C)C)[nH]c1=O. The largest absolute Gasteiger partial charge is 0.465 e. The lowest BCUT2D eigenvalue weighted by Crippen LogP contribution is -2.23. The van der Waals surface area contributed by atoms with Crippen LogP contribution in [-0.2, 0) is 4.74 Å². The van der Waals surface area contributed by atoms with Gasteiger partial charge in [0.15, 0.2) is 0 Å². The van der Waals surface area contributed by atoms with Gasteiger partial charge in [-0.05, 0) is 0 Å². The smallest absolute Gasteiger partial charge is 0.345 e. The van der Waals surface area contributed by atoms with E-state index in [4.69, 9.17) is 0 Å². The van der Waals surface area contributed by atoms with Gasteiger partial charge in [0.25, 0.3) is 5.56 Å². The second-order valence-electron chi connectivity index (χ2n) is 2.84. The van der Waals surface area contributed by atoms with Crippen LogP contribution >= 0.6 is 0 Å². The van der Waals surface area contributed by atoms with Gasteiger partial charge < -0.3 is 9.64 Å². The van der Waals surface area contributed by atoms with Gasteiger partial charge in [0.2, 0.25) is 5.95 Å². The molecule has 0 aliphatic carbocycles. The van der Waals surface area contributed by atoms with E-state index in [1.165, 1.54) is 13.3 Å². The second kappa shape index (κ2) is 3.91. The fourth-order valence-corrected chi connectivity index (χ4v) is 0.868. The van der Waals surface area contributed by atoms with Crippen molar-refractivity contribution in [2.24, 2.45) is 0 Å². The molecule has 6 nitrogen and oxygen atoms in total. The highest BCUT2D eigenvalue weighted by Crippen LogP contribution is 1.99. The minimum Gasteiger partial charge on any atom is -0.465 e. The molecule has 1 N–H and O–H groups in total. The average Bonchev–Trinajstić information content (AvgIpc) is 2.16. The Labute approximate surface area is 80.5 Å². The molecule has 0 aromatic carbocycles. The minimum atomic E-state index is -0.691. The Morgan fingerprint density at radius 3 is 2.64 bits per heavy atom. The maximum Gasteiger partial charge on any atom is 0.345 e. The topological polar surface area (TPSA) is 75.3 Å². The number of nitrogens with one attached hydrogen (secondary N) is 1. The van der Waals surface area contributed by atoms with E-state index in [-0.39, 0.29) is 5.56 Å². The third kappa shape index (κ3) is 1.90. The third-order valence-electron chi connectivity index (χ3n) is 1.61. The monoisotopic (exact) mass is 197 g/mol. The van der Waals surface area contributed by atoms with Gasteiger partial charge in [0.1, 0.15) is 5.56 Å². The van der Waals surface area contributed by atoms with Crippen molar-refractivity contribution in [1.82, 2.24) is 9.97 Å². The Balaban J connectivity index is 3.14. The lowest BCUT2D eigenvalue weighted by molar-refractivity contribution is 0.0598. The number of aromatic amines is 1. The molecule has 0 aliphatic heterocycles. The summed E-state index contributed by atoms with van der Waals surface area (Å²) in [4.78, 5) is 30.3. The Bertz CT molecular complexity index is 397. The molecule has 0 radical (unpaired) electrons. The highest BCUT2D eigenvalue weighted by molar-refractivity contribution is 5.88. The number of anilines is 1. The van der Waals surface area contributed by atoms with Crippen LogP contribution in [0.2, 0.25) is 0 Å². The summed E-state index contributed by atoms with van der Waals surface area (Å²) < 4.78 is 4.40. The fourth-order valence-electron chi connectivity index (χ4n) is 0.868. The first-order valence-corrected chi connectivity index (χ1v) is 3.91. The van der Waals surface area contributed by atoms with Gasteiger partial charge in [0.05, 0.1) is 13.3 Å². The van der Waals surface area contributed by atoms with Crippen LogP contribution < -0.4 is 10.5 Å². The molecule has 0 aliphatic rings. The van der Waals surface area contributed by atoms with Crippen molar-refractivity contribution in [3.8, 4) is 0 Å². The molecule has 0 atom stereocenters. The Hall–Kier alpha value is -1.85. The number of H-pyrrole nitrogens is 1. The Morgan fingerprint density at radius 2 is 2.21 bits per heavy atom. The summed E-state index contributed by atoms with van der Waals surface area (Å²) in [5.41, 5.74) is -0.603. The lowest BCUT2D eigenvalue weighted by atomic mass is 10.3. The highest BCUT2D eigenvalue weighted by Gasteiger charge is 2.11. The summed E-state index contributed by atoms with van der Waals surface area (Å²) >= 11 is 0. The molecular weight excluding hydrogens is 186 g/mol. The molecular formula is C8H11N3O3. The van der Waals surface area contributed by atoms with Gasteiger partial charge >= 0.3 is 5.97 Å². The van der Waals surface area contributed by atoms with Gasteiger partial charge in [-0.15, -0.1) is 0 Å². The summed E-state index contributed by atoms with van der Waals surface area (Å²) in [6.45, 7) is 0. The first-order valence-electron chi connectivity index (χ1n) is 3.91. The van der Waals surface area contributed by atoms with E-state index >= 15 is 0 Å². The van der Waals surface area contributed by atoms with Crippen LogP contribution in [0.25, 0.3) is 0 Å². The fraction of sp³-hybridized carbons (Fsp3) is 0.375. The van der Waals surface area contributed by atoms with Crippen LogP contribution in [0.1, 0.15) is 10.4 Å². The summed E-state index contributed by atoms with van der Waals surface area (Å²) in [5, 5.41) is 0. The predicted octanol–water partition coefficient (Wildman–Crippen LogP) is -0.378. The van der Waals surface area contributed by atoms with E-state index in [1.54, 1.807) is 19.0 Å². The quantitative estimate of drug-likeness (QED) is 0.654. The normalized spacial score (nSPS) is 9.64. The number of hydrogen-bond donors (Lipinski definition) is 1. The van der Waals surface area contributed by atoms with E-state index in [9.17, 15) is 9.59 Å². The number of rotatable bonds is 2. The average molecular weight is 197 g/mol. The number of ether oxygens (including phenoxy) is 1. The number of nitrogens with zero attached hydrogens (tertiary/aromatic N) is 2. The predicted molar refractivity (Wildman–Crippen MR) is 50.5 cm³/mol. The summed E-state index contributed by atoms with van der Waals surface area (Å²) in [5.74, 6) is -0.299. The molecule has 0 bridgehead atoms. The molecule has 0 unspecified atom stereocenters. The van der Waals surface area contributed by atoms with Gasteiger partial charge in [-0.2, -0.15) is 0 Å².